The smallest absolute Gasteiger partial charge is 0.0627 e. The van der Waals surface area contributed by atoms with Crippen molar-refractivity contribution in [2.24, 2.45) is 5.41 Å². The number of nitriles is 1. The van der Waals surface area contributed by atoms with Crippen LogP contribution in [0.15, 0.2) is 0 Å². The number of hydrogen-bond donors (Lipinski definition) is 1. The lowest BCUT2D eigenvalue weighted by molar-refractivity contribution is 0.196. The molecule has 0 heterocycles. The third kappa shape index (κ3) is 3.21. The molecule has 3 heteroatoms. The Morgan fingerprint density at radius 2 is 2.15 bits per heavy atom. The van der Waals surface area contributed by atoms with E-state index in [4.69, 9.17) is 5.26 Å². The van der Waals surface area contributed by atoms with E-state index >= 15 is 0 Å². The molecule has 0 aromatic heterocycles. The number of rotatable bonds is 5. The summed E-state index contributed by atoms with van der Waals surface area (Å²) in [6, 6.07) is 2.25. The fourth-order valence-electron chi connectivity index (χ4n) is 1.16. The molecule has 1 saturated carbocycles. The summed E-state index contributed by atoms with van der Waals surface area (Å²) < 4.78 is 0. The highest BCUT2D eigenvalue weighted by atomic mass is 32.2. The van der Waals surface area contributed by atoms with Gasteiger partial charge < -0.3 is 5.11 Å². The molecule has 2 unspecified atom stereocenters. The second-order valence-electron chi connectivity index (χ2n) is 4.09. The van der Waals surface area contributed by atoms with Crippen LogP contribution in [0.4, 0.5) is 0 Å². The summed E-state index contributed by atoms with van der Waals surface area (Å²) in [6.07, 6.45) is 2.83. The van der Waals surface area contributed by atoms with Crippen molar-refractivity contribution in [1.82, 2.24) is 0 Å². The second kappa shape index (κ2) is 4.34. The summed E-state index contributed by atoms with van der Waals surface area (Å²) in [6.45, 7) is 3.86. The molecule has 0 bridgehead atoms. The lowest BCUT2D eigenvalue weighted by Crippen LogP contribution is -2.17. The summed E-state index contributed by atoms with van der Waals surface area (Å²) >= 11 is 1.79. The van der Waals surface area contributed by atoms with E-state index in [-0.39, 0.29) is 11.4 Å². The van der Waals surface area contributed by atoms with Crippen LogP contribution in [-0.2, 0) is 0 Å². The molecule has 13 heavy (non-hydrogen) atoms. The first kappa shape index (κ1) is 10.9. The van der Waals surface area contributed by atoms with Crippen LogP contribution in [0.1, 0.15) is 33.1 Å². The van der Waals surface area contributed by atoms with Crippen LogP contribution in [0.3, 0.4) is 0 Å². The first-order chi connectivity index (χ1) is 6.09. The van der Waals surface area contributed by atoms with E-state index in [2.05, 4.69) is 6.07 Å². The Bertz CT molecular complexity index is 205. The molecule has 0 saturated heterocycles. The topological polar surface area (TPSA) is 44.0 Å². The zero-order valence-corrected chi connectivity index (χ0v) is 9.10. The third-order valence-electron chi connectivity index (χ3n) is 2.74. The van der Waals surface area contributed by atoms with Crippen molar-refractivity contribution in [3.05, 3.63) is 0 Å². The quantitative estimate of drug-likeness (QED) is 0.738. The minimum absolute atomic E-state index is 0.247. The molecule has 0 amide bonds. The van der Waals surface area contributed by atoms with Crippen LogP contribution in [0.25, 0.3) is 0 Å². The standard InChI is InChI=1S/C10H17NOS/c1-8(12)9(2)13-7-10(3-4-10)5-6-11/h8-9,12H,3-5,7H2,1-2H3. The van der Waals surface area contributed by atoms with Crippen molar-refractivity contribution in [2.45, 2.75) is 44.5 Å². The van der Waals surface area contributed by atoms with Gasteiger partial charge in [-0.2, -0.15) is 17.0 Å². The molecule has 1 aliphatic carbocycles. The minimum atomic E-state index is -0.247. The van der Waals surface area contributed by atoms with Crippen LogP contribution in [0.5, 0.6) is 0 Å². The fourth-order valence-corrected chi connectivity index (χ4v) is 2.45. The van der Waals surface area contributed by atoms with E-state index in [1.165, 1.54) is 12.8 Å². The number of nitrogens with zero attached hydrogens (tertiary/aromatic N) is 1. The van der Waals surface area contributed by atoms with Gasteiger partial charge in [-0.25, -0.2) is 0 Å². The highest BCUT2D eigenvalue weighted by Gasteiger charge is 2.42. The normalized spacial score (nSPS) is 23.2. The van der Waals surface area contributed by atoms with Crippen LogP contribution in [0, 0.1) is 16.7 Å². The molecular weight excluding hydrogens is 182 g/mol. The summed E-state index contributed by atoms with van der Waals surface area (Å²) in [5, 5.41) is 18.2. The average Bonchev–Trinajstić information content (AvgIpc) is 2.82. The Balaban J connectivity index is 2.23. The molecule has 74 valence electrons. The third-order valence-corrected chi connectivity index (χ3v) is 4.44. The van der Waals surface area contributed by atoms with E-state index in [0.29, 0.717) is 11.8 Å². The zero-order chi connectivity index (χ0) is 9.90. The van der Waals surface area contributed by atoms with E-state index in [0.717, 1.165) is 5.75 Å². The van der Waals surface area contributed by atoms with Crippen molar-refractivity contribution in [3.63, 3.8) is 0 Å². The Labute approximate surface area is 84.3 Å². The summed E-state index contributed by atoms with van der Waals surface area (Å²) in [7, 11) is 0. The molecule has 0 spiro atoms. The van der Waals surface area contributed by atoms with Gasteiger partial charge in [0, 0.05) is 17.4 Å². The summed E-state index contributed by atoms with van der Waals surface area (Å²) in [5.74, 6) is 1.03. The van der Waals surface area contributed by atoms with Crippen LogP contribution < -0.4 is 0 Å². The van der Waals surface area contributed by atoms with E-state index in [1.807, 2.05) is 13.8 Å². The summed E-state index contributed by atoms with van der Waals surface area (Å²) in [4.78, 5) is 0. The molecule has 1 rings (SSSR count). The lowest BCUT2D eigenvalue weighted by atomic mass is 10.1. The SMILES string of the molecule is CC(O)C(C)SCC1(CC#N)CC1. The van der Waals surface area contributed by atoms with Crippen molar-refractivity contribution < 1.29 is 5.11 Å². The molecule has 0 aromatic rings. The first-order valence-corrected chi connectivity index (χ1v) is 5.81. The van der Waals surface area contributed by atoms with Crippen LogP contribution in [-0.4, -0.2) is 22.2 Å². The molecular formula is C10H17NOS. The maximum atomic E-state index is 9.28. The molecule has 2 nitrogen and oxygen atoms in total. The maximum Gasteiger partial charge on any atom is 0.0627 e. The largest absolute Gasteiger partial charge is 0.392 e. The molecule has 1 aliphatic rings. The Hall–Kier alpha value is -0.200. The van der Waals surface area contributed by atoms with Gasteiger partial charge in [0.1, 0.15) is 0 Å². The van der Waals surface area contributed by atoms with Gasteiger partial charge in [-0.15, -0.1) is 0 Å². The van der Waals surface area contributed by atoms with Gasteiger partial charge >= 0.3 is 0 Å². The van der Waals surface area contributed by atoms with Gasteiger partial charge in [-0.1, -0.05) is 6.92 Å². The lowest BCUT2D eigenvalue weighted by Gasteiger charge is -2.17. The van der Waals surface area contributed by atoms with Crippen molar-refractivity contribution >= 4 is 11.8 Å². The number of thioether (sulfide) groups is 1. The molecule has 1 N–H and O–H groups in total. The predicted molar refractivity (Wildman–Crippen MR) is 55.5 cm³/mol. The molecule has 0 aromatic carbocycles. The minimum Gasteiger partial charge on any atom is -0.392 e. The fraction of sp³-hybridized carbons (Fsp3) is 0.900. The maximum absolute atomic E-state index is 9.28. The van der Waals surface area contributed by atoms with Crippen molar-refractivity contribution in [2.75, 3.05) is 5.75 Å². The molecule has 2 atom stereocenters. The van der Waals surface area contributed by atoms with Gasteiger partial charge in [0.25, 0.3) is 0 Å². The van der Waals surface area contributed by atoms with Gasteiger partial charge in [-0.3, -0.25) is 0 Å². The first-order valence-electron chi connectivity index (χ1n) is 4.76. The highest BCUT2D eigenvalue weighted by Crippen LogP contribution is 2.51. The predicted octanol–water partition coefficient (Wildman–Crippen LogP) is 2.18. The number of aliphatic hydroxyl groups is 1. The number of hydrogen-bond acceptors (Lipinski definition) is 3. The zero-order valence-electron chi connectivity index (χ0n) is 8.29. The van der Waals surface area contributed by atoms with Crippen molar-refractivity contribution in [1.29, 1.82) is 5.26 Å². The highest BCUT2D eigenvalue weighted by molar-refractivity contribution is 7.99. The van der Waals surface area contributed by atoms with Crippen LogP contribution in [0.2, 0.25) is 0 Å². The van der Waals surface area contributed by atoms with Crippen LogP contribution >= 0.6 is 11.8 Å². The average molecular weight is 199 g/mol. The Morgan fingerprint density at radius 3 is 2.54 bits per heavy atom. The molecule has 1 fully saturated rings. The molecule has 0 aliphatic heterocycles. The summed E-state index contributed by atoms with van der Waals surface area (Å²) in [5.41, 5.74) is 0.308. The van der Waals surface area contributed by atoms with Gasteiger partial charge in [0.15, 0.2) is 0 Å². The van der Waals surface area contributed by atoms with Gasteiger partial charge in [-0.05, 0) is 25.2 Å². The van der Waals surface area contributed by atoms with Gasteiger partial charge in [0.05, 0.1) is 12.2 Å². The van der Waals surface area contributed by atoms with E-state index in [1.54, 1.807) is 11.8 Å². The van der Waals surface area contributed by atoms with Gasteiger partial charge in [0.2, 0.25) is 0 Å². The molecule has 0 radical (unpaired) electrons. The van der Waals surface area contributed by atoms with E-state index < -0.39 is 0 Å². The number of aliphatic hydroxyl groups excluding tert-OH is 1. The van der Waals surface area contributed by atoms with Crippen molar-refractivity contribution in [3.8, 4) is 6.07 Å². The Morgan fingerprint density at radius 1 is 1.54 bits per heavy atom. The second-order valence-corrected chi connectivity index (χ2v) is 5.46. The monoisotopic (exact) mass is 199 g/mol. The van der Waals surface area contributed by atoms with E-state index in [9.17, 15) is 5.11 Å². The Kier molecular flexibility index (Phi) is 3.63.